The summed E-state index contributed by atoms with van der Waals surface area (Å²) in [5.41, 5.74) is 16.4. The zero-order valence-electron chi connectivity index (χ0n) is 17.3. The Morgan fingerprint density at radius 2 is 1.24 bits per heavy atom. The molecule has 0 aromatic rings. The molecule has 168 valence electrons. The number of carboxylic acid groups (broad SMARTS) is 1. The van der Waals surface area contributed by atoms with Gasteiger partial charge in [-0.1, -0.05) is 0 Å². The molecule has 0 spiro atoms. The monoisotopic (exact) mass is 416 g/mol. The van der Waals surface area contributed by atoms with Crippen LogP contribution in [-0.4, -0.2) is 66.1 Å². The summed E-state index contributed by atoms with van der Waals surface area (Å²) in [5.74, 6) is -2.81. The summed E-state index contributed by atoms with van der Waals surface area (Å²) in [6.45, 7) is 3.83. The van der Waals surface area contributed by atoms with Crippen LogP contribution in [0.25, 0.3) is 0 Å². The van der Waals surface area contributed by atoms with Crippen molar-refractivity contribution in [3.8, 4) is 0 Å². The van der Waals surface area contributed by atoms with Crippen LogP contribution in [0.5, 0.6) is 0 Å². The quantitative estimate of drug-likeness (QED) is 0.151. The second-order valence-corrected chi connectivity index (χ2v) is 7.05. The number of nitrogens with one attached hydrogen (secondary N) is 3. The van der Waals surface area contributed by atoms with Gasteiger partial charge >= 0.3 is 5.97 Å². The van der Waals surface area contributed by atoms with E-state index in [9.17, 15) is 24.3 Å². The van der Waals surface area contributed by atoms with Crippen LogP contribution in [0.1, 0.15) is 52.4 Å². The lowest BCUT2D eigenvalue weighted by Gasteiger charge is -2.23. The van der Waals surface area contributed by atoms with Crippen LogP contribution < -0.4 is 33.2 Å². The van der Waals surface area contributed by atoms with E-state index in [4.69, 9.17) is 17.2 Å². The fraction of sp³-hybridized carbons (Fsp3) is 0.778. The Hall–Kier alpha value is -2.24. The third kappa shape index (κ3) is 11.4. The van der Waals surface area contributed by atoms with Crippen molar-refractivity contribution < 1.29 is 24.3 Å². The van der Waals surface area contributed by atoms with Crippen molar-refractivity contribution in [2.75, 3.05) is 13.1 Å². The number of hydrogen-bond acceptors (Lipinski definition) is 7. The summed E-state index contributed by atoms with van der Waals surface area (Å²) in [6.07, 6.45) is 3.07. The Kier molecular flexibility index (Phi) is 13.6. The number of nitrogens with two attached hydrogens (primary N) is 3. The van der Waals surface area contributed by atoms with Gasteiger partial charge in [-0.3, -0.25) is 14.4 Å². The van der Waals surface area contributed by atoms with E-state index < -0.39 is 47.9 Å². The van der Waals surface area contributed by atoms with Crippen molar-refractivity contribution in [2.24, 2.45) is 17.2 Å². The van der Waals surface area contributed by atoms with Crippen LogP contribution in [0.4, 0.5) is 0 Å². The fourth-order valence-electron chi connectivity index (χ4n) is 2.49. The molecule has 0 aliphatic carbocycles. The van der Waals surface area contributed by atoms with Crippen LogP contribution >= 0.6 is 0 Å². The molecule has 3 amide bonds. The fourth-order valence-corrected chi connectivity index (χ4v) is 2.49. The third-order valence-corrected chi connectivity index (χ3v) is 4.31. The minimum Gasteiger partial charge on any atom is -0.480 e. The average Bonchev–Trinajstić information content (AvgIpc) is 2.65. The van der Waals surface area contributed by atoms with Crippen molar-refractivity contribution in [2.45, 2.75) is 76.5 Å². The second-order valence-electron chi connectivity index (χ2n) is 7.05. The highest BCUT2D eigenvalue weighted by atomic mass is 16.4. The first-order valence-electron chi connectivity index (χ1n) is 9.93. The maximum Gasteiger partial charge on any atom is 0.326 e. The summed E-state index contributed by atoms with van der Waals surface area (Å²) in [4.78, 5) is 48.0. The highest BCUT2D eigenvalue weighted by Crippen LogP contribution is 2.04. The number of unbranched alkanes of at least 4 members (excludes halogenated alkanes) is 2. The summed E-state index contributed by atoms with van der Waals surface area (Å²) in [5, 5.41) is 16.7. The smallest absolute Gasteiger partial charge is 0.326 e. The van der Waals surface area contributed by atoms with Gasteiger partial charge in [0.2, 0.25) is 17.7 Å². The van der Waals surface area contributed by atoms with Gasteiger partial charge < -0.3 is 38.3 Å². The van der Waals surface area contributed by atoms with Gasteiger partial charge in [-0.2, -0.15) is 0 Å². The Morgan fingerprint density at radius 1 is 0.759 bits per heavy atom. The molecule has 29 heavy (non-hydrogen) atoms. The number of carbonyl (C=O) groups excluding carboxylic acids is 3. The lowest BCUT2D eigenvalue weighted by atomic mass is 10.1. The van der Waals surface area contributed by atoms with E-state index in [1.54, 1.807) is 0 Å². The predicted molar refractivity (Wildman–Crippen MR) is 109 cm³/mol. The Morgan fingerprint density at radius 3 is 1.69 bits per heavy atom. The molecule has 0 radical (unpaired) electrons. The topological polar surface area (TPSA) is 203 Å². The molecule has 0 saturated carbocycles. The number of aliphatic carboxylic acids is 1. The van der Waals surface area contributed by atoms with E-state index in [1.807, 2.05) is 0 Å². The van der Waals surface area contributed by atoms with E-state index >= 15 is 0 Å². The van der Waals surface area contributed by atoms with E-state index in [0.29, 0.717) is 45.2 Å². The normalized spacial score (nSPS) is 14.9. The lowest BCUT2D eigenvalue weighted by Crippen LogP contribution is -2.56. The molecule has 11 nitrogen and oxygen atoms in total. The van der Waals surface area contributed by atoms with Crippen molar-refractivity contribution in [1.29, 1.82) is 0 Å². The first-order chi connectivity index (χ1) is 13.6. The van der Waals surface area contributed by atoms with Gasteiger partial charge in [0.05, 0.1) is 6.04 Å². The van der Waals surface area contributed by atoms with Crippen molar-refractivity contribution in [1.82, 2.24) is 16.0 Å². The van der Waals surface area contributed by atoms with Crippen LogP contribution in [0.2, 0.25) is 0 Å². The summed E-state index contributed by atoms with van der Waals surface area (Å²) >= 11 is 0. The number of amides is 3. The van der Waals surface area contributed by atoms with Crippen molar-refractivity contribution in [3.05, 3.63) is 0 Å². The van der Waals surface area contributed by atoms with E-state index in [0.717, 1.165) is 0 Å². The molecular weight excluding hydrogens is 380 g/mol. The largest absolute Gasteiger partial charge is 0.480 e. The maximum absolute atomic E-state index is 12.5. The van der Waals surface area contributed by atoms with Gasteiger partial charge in [0.25, 0.3) is 0 Å². The number of carbonyl (C=O) groups is 4. The van der Waals surface area contributed by atoms with Crippen LogP contribution in [-0.2, 0) is 19.2 Å². The summed E-state index contributed by atoms with van der Waals surface area (Å²) in [7, 11) is 0. The van der Waals surface area contributed by atoms with E-state index in [-0.39, 0.29) is 6.42 Å². The minimum absolute atomic E-state index is 0.241. The van der Waals surface area contributed by atoms with Gasteiger partial charge in [-0.15, -0.1) is 0 Å². The Balaban J connectivity index is 4.87. The molecule has 0 rings (SSSR count). The zero-order chi connectivity index (χ0) is 22.4. The van der Waals surface area contributed by atoms with Gasteiger partial charge in [-0.25, -0.2) is 4.79 Å². The van der Waals surface area contributed by atoms with Crippen LogP contribution in [0, 0.1) is 0 Å². The first-order valence-corrected chi connectivity index (χ1v) is 9.93. The van der Waals surface area contributed by atoms with Crippen LogP contribution in [0.3, 0.4) is 0 Å². The van der Waals surface area contributed by atoms with E-state index in [1.165, 1.54) is 13.8 Å². The number of hydrogen-bond donors (Lipinski definition) is 7. The summed E-state index contributed by atoms with van der Waals surface area (Å²) < 4.78 is 0. The SMILES string of the molecule is CC(N)C(=O)NC(CCCCN)C(=O)NC(C)C(=O)NC(CCCCN)C(=O)O. The molecular formula is C18H36N6O5. The van der Waals surface area contributed by atoms with Crippen molar-refractivity contribution in [3.63, 3.8) is 0 Å². The predicted octanol–water partition coefficient (Wildman–Crippen LogP) is -1.85. The Bertz CT molecular complexity index is 543. The molecule has 0 fully saturated rings. The maximum atomic E-state index is 12.5. The third-order valence-electron chi connectivity index (χ3n) is 4.31. The number of carboxylic acids is 1. The molecule has 0 aliphatic heterocycles. The molecule has 4 unspecified atom stereocenters. The lowest BCUT2D eigenvalue weighted by molar-refractivity contribution is -0.142. The number of rotatable bonds is 15. The van der Waals surface area contributed by atoms with Gasteiger partial charge in [0, 0.05) is 0 Å². The highest BCUT2D eigenvalue weighted by molar-refractivity contribution is 5.93. The molecule has 10 N–H and O–H groups in total. The highest BCUT2D eigenvalue weighted by Gasteiger charge is 2.27. The molecule has 0 aromatic heterocycles. The molecule has 0 heterocycles. The van der Waals surface area contributed by atoms with Gasteiger partial charge in [0.15, 0.2) is 0 Å². The minimum atomic E-state index is -1.15. The molecule has 0 aromatic carbocycles. The standard InChI is InChI=1S/C18H36N6O5/c1-11(21)15(25)23-13(7-3-5-9-19)17(27)22-12(2)16(26)24-14(18(28)29)8-4-6-10-20/h11-14H,3-10,19-21H2,1-2H3,(H,22,27)(H,23,25)(H,24,26)(H,28,29). The Labute approximate surface area is 171 Å². The summed E-state index contributed by atoms with van der Waals surface area (Å²) in [6, 6.07) is -3.70. The van der Waals surface area contributed by atoms with Gasteiger partial charge in [0.1, 0.15) is 18.1 Å². The molecule has 0 bridgehead atoms. The first kappa shape index (κ1) is 26.8. The zero-order valence-corrected chi connectivity index (χ0v) is 17.3. The van der Waals surface area contributed by atoms with Crippen molar-refractivity contribution >= 4 is 23.7 Å². The molecule has 11 heteroatoms. The second kappa shape index (κ2) is 14.7. The molecule has 0 saturated heterocycles. The van der Waals surface area contributed by atoms with E-state index in [2.05, 4.69) is 16.0 Å². The molecule has 4 atom stereocenters. The van der Waals surface area contributed by atoms with Gasteiger partial charge in [-0.05, 0) is 65.5 Å². The average molecular weight is 417 g/mol. The molecule has 0 aliphatic rings. The van der Waals surface area contributed by atoms with Crippen LogP contribution in [0.15, 0.2) is 0 Å².